The van der Waals surface area contributed by atoms with Gasteiger partial charge in [0.15, 0.2) is 0 Å². The van der Waals surface area contributed by atoms with Gasteiger partial charge in [-0.15, -0.1) is 11.3 Å². The molecule has 1 aliphatic rings. The molecule has 1 aliphatic heterocycles. The molecule has 0 fully saturated rings. The fourth-order valence-electron chi connectivity index (χ4n) is 2.53. The van der Waals surface area contributed by atoms with Gasteiger partial charge in [-0.2, -0.15) is 13.2 Å². The zero-order chi connectivity index (χ0) is 16.4. The Hall–Kier alpha value is -2.08. The first-order chi connectivity index (χ1) is 10.9. The Balaban J connectivity index is 1.70. The summed E-state index contributed by atoms with van der Waals surface area (Å²) in [4.78, 5) is 15.2. The minimum absolute atomic E-state index is 0.181. The Morgan fingerprint density at radius 3 is 2.87 bits per heavy atom. The van der Waals surface area contributed by atoms with Gasteiger partial charge in [0.1, 0.15) is 0 Å². The highest BCUT2D eigenvalue weighted by molar-refractivity contribution is 7.10. The molecule has 0 unspecified atom stereocenters. The first-order valence-corrected chi connectivity index (χ1v) is 8.01. The van der Waals surface area contributed by atoms with Gasteiger partial charge in [-0.1, -0.05) is 12.1 Å². The van der Waals surface area contributed by atoms with E-state index in [1.807, 2.05) is 11.4 Å². The third-order valence-corrected chi connectivity index (χ3v) is 4.77. The Kier molecular flexibility index (Phi) is 4.26. The van der Waals surface area contributed by atoms with Crippen LogP contribution in [0.2, 0.25) is 0 Å². The SMILES string of the molecule is O=C(/C=C/c1cccc(C(F)(F)F)c1)N1CCc2sccc2C1. The minimum Gasteiger partial charge on any atom is -0.334 e. The Morgan fingerprint density at radius 2 is 2.09 bits per heavy atom. The molecule has 0 saturated carbocycles. The lowest BCUT2D eigenvalue weighted by Crippen LogP contribution is -2.34. The van der Waals surface area contributed by atoms with Crippen molar-refractivity contribution in [3.05, 3.63) is 63.4 Å². The highest BCUT2D eigenvalue weighted by Gasteiger charge is 2.30. The number of hydrogen-bond donors (Lipinski definition) is 0. The minimum atomic E-state index is -4.38. The monoisotopic (exact) mass is 337 g/mol. The number of nitrogens with zero attached hydrogens (tertiary/aromatic N) is 1. The maximum absolute atomic E-state index is 12.7. The maximum Gasteiger partial charge on any atom is 0.416 e. The molecule has 1 amide bonds. The van der Waals surface area contributed by atoms with E-state index >= 15 is 0 Å². The van der Waals surface area contributed by atoms with Crippen LogP contribution in [-0.4, -0.2) is 17.4 Å². The topological polar surface area (TPSA) is 20.3 Å². The van der Waals surface area contributed by atoms with Crippen molar-refractivity contribution in [2.24, 2.45) is 0 Å². The maximum atomic E-state index is 12.7. The molecule has 2 heterocycles. The predicted molar refractivity (Wildman–Crippen MR) is 83.9 cm³/mol. The summed E-state index contributed by atoms with van der Waals surface area (Å²) in [6.07, 6.45) is -0.778. The summed E-state index contributed by atoms with van der Waals surface area (Å²) in [5, 5.41) is 2.01. The van der Waals surface area contributed by atoms with Gasteiger partial charge in [0, 0.05) is 24.0 Å². The number of carbonyl (C=O) groups is 1. The molecule has 6 heteroatoms. The molecule has 2 aromatic rings. The number of rotatable bonds is 2. The van der Waals surface area contributed by atoms with Crippen LogP contribution < -0.4 is 0 Å². The van der Waals surface area contributed by atoms with Crippen molar-refractivity contribution < 1.29 is 18.0 Å². The van der Waals surface area contributed by atoms with E-state index in [1.54, 1.807) is 22.3 Å². The van der Waals surface area contributed by atoms with Crippen molar-refractivity contribution in [3.8, 4) is 0 Å². The van der Waals surface area contributed by atoms with Gasteiger partial charge < -0.3 is 4.90 Å². The number of carbonyl (C=O) groups excluding carboxylic acids is 1. The molecule has 1 aromatic heterocycles. The summed E-state index contributed by atoms with van der Waals surface area (Å²) in [5.74, 6) is -0.181. The van der Waals surface area contributed by atoms with E-state index in [-0.39, 0.29) is 5.91 Å². The summed E-state index contributed by atoms with van der Waals surface area (Å²) in [7, 11) is 0. The molecule has 0 saturated heterocycles. The van der Waals surface area contributed by atoms with Crippen LogP contribution in [0.3, 0.4) is 0 Å². The van der Waals surface area contributed by atoms with E-state index in [9.17, 15) is 18.0 Å². The molecule has 120 valence electrons. The molecule has 0 bridgehead atoms. The summed E-state index contributed by atoms with van der Waals surface area (Å²) in [6, 6.07) is 6.95. The van der Waals surface area contributed by atoms with Crippen LogP contribution in [0.4, 0.5) is 13.2 Å². The van der Waals surface area contributed by atoms with Crippen LogP contribution in [0.15, 0.2) is 41.8 Å². The van der Waals surface area contributed by atoms with Crippen LogP contribution >= 0.6 is 11.3 Å². The highest BCUT2D eigenvalue weighted by atomic mass is 32.1. The van der Waals surface area contributed by atoms with Crippen molar-refractivity contribution in [1.82, 2.24) is 4.90 Å². The average Bonchev–Trinajstić information content (AvgIpc) is 2.99. The Morgan fingerprint density at radius 1 is 1.26 bits per heavy atom. The molecule has 3 rings (SSSR count). The van der Waals surface area contributed by atoms with Gasteiger partial charge in [-0.05, 0) is 47.2 Å². The van der Waals surface area contributed by atoms with Crippen LogP contribution in [-0.2, 0) is 23.9 Å². The molecule has 0 spiro atoms. The van der Waals surface area contributed by atoms with Crippen molar-refractivity contribution in [2.45, 2.75) is 19.1 Å². The zero-order valence-electron chi connectivity index (χ0n) is 12.1. The predicted octanol–water partition coefficient (Wildman–Crippen LogP) is 4.37. The van der Waals surface area contributed by atoms with Crippen molar-refractivity contribution in [3.63, 3.8) is 0 Å². The smallest absolute Gasteiger partial charge is 0.334 e. The van der Waals surface area contributed by atoms with E-state index in [1.165, 1.54) is 23.1 Å². The third kappa shape index (κ3) is 3.64. The third-order valence-electron chi connectivity index (χ3n) is 3.75. The summed E-state index contributed by atoms with van der Waals surface area (Å²) >= 11 is 1.69. The fourth-order valence-corrected chi connectivity index (χ4v) is 3.42. The van der Waals surface area contributed by atoms with Gasteiger partial charge in [0.25, 0.3) is 0 Å². The molecule has 2 nitrogen and oxygen atoms in total. The second-order valence-corrected chi connectivity index (χ2v) is 6.34. The molecule has 0 atom stereocenters. The van der Waals surface area contributed by atoms with Crippen molar-refractivity contribution in [1.29, 1.82) is 0 Å². The number of halogens is 3. The van der Waals surface area contributed by atoms with E-state index in [2.05, 4.69) is 0 Å². The lowest BCUT2D eigenvalue weighted by Gasteiger charge is -2.25. The van der Waals surface area contributed by atoms with Crippen molar-refractivity contribution >= 4 is 23.3 Å². The Bertz CT molecular complexity index is 748. The van der Waals surface area contributed by atoms with Gasteiger partial charge in [-0.25, -0.2) is 0 Å². The van der Waals surface area contributed by atoms with Crippen LogP contribution in [0.1, 0.15) is 21.6 Å². The van der Waals surface area contributed by atoms with Gasteiger partial charge in [0.05, 0.1) is 5.56 Å². The largest absolute Gasteiger partial charge is 0.416 e. The number of amides is 1. The van der Waals surface area contributed by atoms with Crippen LogP contribution in [0.25, 0.3) is 6.08 Å². The zero-order valence-corrected chi connectivity index (χ0v) is 13.0. The van der Waals surface area contributed by atoms with E-state index in [4.69, 9.17) is 0 Å². The molecule has 1 aromatic carbocycles. The second kappa shape index (κ2) is 6.20. The first-order valence-electron chi connectivity index (χ1n) is 7.13. The number of fused-ring (bicyclic) bond motifs is 1. The molecule has 23 heavy (non-hydrogen) atoms. The van der Waals surface area contributed by atoms with E-state index in [0.29, 0.717) is 18.7 Å². The highest BCUT2D eigenvalue weighted by Crippen LogP contribution is 2.30. The molecule has 0 aliphatic carbocycles. The first kappa shape index (κ1) is 15.8. The summed E-state index contributed by atoms with van der Waals surface area (Å²) < 4.78 is 38.0. The number of alkyl halides is 3. The average molecular weight is 337 g/mol. The molecular weight excluding hydrogens is 323 g/mol. The van der Waals surface area contributed by atoms with Crippen molar-refractivity contribution in [2.75, 3.05) is 6.54 Å². The summed E-state index contributed by atoms with van der Waals surface area (Å²) in [6.45, 7) is 1.20. The molecule has 0 N–H and O–H groups in total. The van der Waals surface area contributed by atoms with E-state index < -0.39 is 11.7 Å². The van der Waals surface area contributed by atoms with Crippen LogP contribution in [0.5, 0.6) is 0 Å². The fraction of sp³-hybridized carbons (Fsp3) is 0.235. The van der Waals surface area contributed by atoms with Gasteiger partial charge in [0.2, 0.25) is 5.91 Å². The Labute approximate surface area is 135 Å². The number of benzene rings is 1. The normalized spacial score (nSPS) is 15.0. The number of thiophene rings is 1. The number of hydrogen-bond acceptors (Lipinski definition) is 2. The lowest BCUT2D eigenvalue weighted by molar-refractivity contribution is -0.137. The van der Waals surface area contributed by atoms with E-state index in [0.717, 1.165) is 24.1 Å². The quantitative estimate of drug-likeness (QED) is 0.746. The van der Waals surface area contributed by atoms with Crippen LogP contribution in [0, 0.1) is 0 Å². The summed E-state index contributed by atoms with van der Waals surface area (Å²) in [5.41, 5.74) is 0.802. The molecular formula is C17H14F3NOS. The second-order valence-electron chi connectivity index (χ2n) is 5.34. The standard InChI is InChI=1S/C17H14F3NOS/c18-17(19,20)14-3-1-2-12(10-14)4-5-16(22)21-8-6-15-13(11-21)7-9-23-15/h1-5,7,9-10H,6,8,11H2/b5-4+. The lowest BCUT2D eigenvalue weighted by atomic mass is 10.1. The van der Waals surface area contributed by atoms with Gasteiger partial charge in [-0.3, -0.25) is 4.79 Å². The molecule has 0 radical (unpaired) electrons. The van der Waals surface area contributed by atoms with Gasteiger partial charge >= 0.3 is 6.18 Å².